The van der Waals surface area contributed by atoms with Gasteiger partial charge in [-0.15, -0.1) is 0 Å². The molecule has 1 aromatic rings. The fourth-order valence-electron chi connectivity index (χ4n) is 5.39. The van der Waals surface area contributed by atoms with Crippen LogP contribution in [0.2, 0.25) is 0 Å². The zero-order valence-electron chi connectivity index (χ0n) is 18.4. The first kappa shape index (κ1) is 22.0. The summed E-state index contributed by atoms with van der Waals surface area (Å²) in [6.07, 6.45) is 5.27. The molecule has 0 spiro atoms. The molecule has 170 valence electrons. The first-order valence-corrected chi connectivity index (χ1v) is 11.3. The van der Waals surface area contributed by atoms with Crippen LogP contribution < -0.4 is 10.6 Å². The lowest BCUT2D eigenvalue weighted by atomic mass is 9.89. The number of benzene rings is 1. The van der Waals surface area contributed by atoms with Gasteiger partial charge in [-0.25, -0.2) is 4.39 Å². The molecule has 1 unspecified atom stereocenters. The van der Waals surface area contributed by atoms with E-state index >= 15 is 0 Å². The SMILES string of the molecule is Cc1ccc(F)c2c1NC(C(=O)N[C@@H]1CCC[C@H](N3CC[C@@H](N(C)C(=O)CO)C3)C1)C2. The minimum atomic E-state index is -0.451. The number of likely N-dealkylation sites (N-methyl/N-ethyl adjacent to an activating group) is 1. The number of amides is 2. The van der Waals surface area contributed by atoms with Crippen LogP contribution in [0.5, 0.6) is 0 Å². The van der Waals surface area contributed by atoms with Gasteiger partial charge in [-0.3, -0.25) is 14.5 Å². The first-order chi connectivity index (χ1) is 14.9. The third-order valence-corrected chi connectivity index (χ3v) is 7.29. The summed E-state index contributed by atoms with van der Waals surface area (Å²) in [5.41, 5.74) is 2.32. The van der Waals surface area contributed by atoms with Crippen molar-refractivity contribution in [2.24, 2.45) is 0 Å². The van der Waals surface area contributed by atoms with Gasteiger partial charge in [0.15, 0.2) is 0 Å². The van der Waals surface area contributed by atoms with Crippen molar-refractivity contribution < 1.29 is 19.1 Å². The molecule has 4 rings (SSSR count). The molecular formula is C23H33FN4O3. The van der Waals surface area contributed by atoms with E-state index < -0.39 is 12.6 Å². The molecule has 4 atom stereocenters. The summed E-state index contributed by atoms with van der Waals surface area (Å²) >= 11 is 0. The number of hydrogen-bond donors (Lipinski definition) is 3. The Morgan fingerprint density at radius 2 is 2.13 bits per heavy atom. The Labute approximate surface area is 183 Å². The Bertz CT molecular complexity index is 817. The highest BCUT2D eigenvalue weighted by atomic mass is 19.1. The minimum Gasteiger partial charge on any atom is -0.387 e. The van der Waals surface area contributed by atoms with Crippen LogP contribution in [0.4, 0.5) is 10.1 Å². The Morgan fingerprint density at radius 1 is 1.32 bits per heavy atom. The lowest BCUT2D eigenvalue weighted by Gasteiger charge is -2.36. The molecule has 7 nitrogen and oxygen atoms in total. The lowest BCUT2D eigenvalue weighted by Crippen LogP contribution is -2.49. The quantitative estimate of drug-likeness (QED) is 0.656. The number of aryl methyl sites for hydroxylation is 1. The van der Waals surface area contributed by atoms with Crippen LogP contribution in [0.15, 0.2) is 12.1 Å². The Hall–Kier alpha value is -2.19. The monoisotopic (exact) mass is 432 g/mol. The third-order valence-electron chi connectivity index (χ3n) is 7.29. The molecule has 2 aliphatic heterocycles. The van der Waals surface area contributed by atoms with Crippen LogP contribution in [0.3, 0.4) is 0 Å². The van der Waals surface area contributed by atoms with E-state index in [0.717, 1.165) is 56.4 Å². The molecule has 2 amide bonds. The normalized spacial score (nSPS) is 28.1. The van der Waals surface area contributed by atoms with E-state index in [0.29, 0.717) is 18.0 Å². The molecule has 31 heavy (non-hydrogen) atoms. The molecular weight excluding hydrogens is 399 g/mol. The number of nitrogens with one attached hydrogen (secondary N) is 2. The second kappa shape index (κ2) is 9.12. The topological polar surface area (TPSA) is 84.9 Å². The number of nitrogens with zero attached hydrogens (tertiary/aromatic N) is 2. The number of hydrogen-bond acceptors (Lipinski definition) is 5. The molecule has 2 fully saturated rings. The van der Waals surface area contributed by atoms with E-state index in [1.54, 1.807) is 18.0 Å². The zero-order valence-corrected chi connectivity index (χ0v) is 18.4. The van der Waals surface area contributed by atoms with Crippen LogP contribution in [0, 0.1) is 12.7 Å². The van der Waals surface area contributed by atoms with Crippen molar-refractivity contribution in [2.45, 2.75) is 69.6 Å². The van der Waals surface area contributed by atoms with Gasteiger partial charge in [0, 0.05) is 55.9 Å². The number of aliphatic hydroxyl groups is 1. The third kappa shape index (κ3) is 4.55. The zero-order chi connectivity index (χ0) is 22.1. The minimum absolute atomic E-state index is 0.0618. The number of likely N-dealkylation sites (tertiary alicyclic amines) is 1. The van der Waals surface area contributed by atoms with Gasteiger partial charge in [-0.2, -0.15) is 0 Å². The van der Waals surface area contributed by atoms with Gasteiger partial charge in [-0.05, 0) is 50.7 Å². The largest absolute Gasteiger partial charge is 0.387 e. The fraction of sp³-hybridized carbons (Fsp3) is 0.652. The number of carbonyl (C=O) groups is 2. The van der Waals surface area contributed by atoms with Crippen molar-refractivity contribution in [1.29, 1.82) is 0 Å². The summed E-state index contributed by atoms with van der Waals surface area (Å²) in [4.78, 5) is 28.8. The van der Waals surface area contributed by atoms with E-state index in [-0.39, 0.29) is 29.7 Å². The molecule has 1 aromatic carbocycles. The van der Waals surface area contributed by atoms with Crippen molar-refractivity contribution in [2.75, 3.05) is 32.1 Å². The lowest BCUT2D eigenvalue weighted by molar-refractivity contribution is -0.134. The highest BCUT2D eigenvalue weighted by Crippen LogP contribution is 2.32. The van der Waals surface area contributed by atoms with Gasteiger partial charge in [0.1, 0.15) is 18.5 Å². The van der Waals surface area contributed by atoms with Gasteiger partial charge < -0.3 is 20.6 Å². The standard InChI is InChI=1S/C23H33FN4O3/c1-14-6-7-19(24)18-11-20(26-22(14)18)23(31)25-15-4-3-5-16(10-15)28-9-8-17(12-28)27(2)21(30)13-29/h6-7,15-17,20,26,29H,3-5,8-13H2,1-2H3,(H,25,31)/t15-,16+,17-,20?/m1/s1. The molecule has 8 heteroatoms. The van der Waals surface area contributed by atoms with Gasteiger partial charge in [0.2, 0.25) is 11.8 Å². The second-order valence-electron chi connectivity index (χ2n) is 9.25. The van der Waals surface area contributed by atoms with Crippen LogP contribution in [0.25, 0.3) is 0 Å². The maximum absolute atomic E-state index is 14.1. The van der Waals surface area contributed by atoms with E-state index in [2.05, 4.69) is 15.5 Å². The summed E-state index contributed by atoms with van der Waals surface area (Å²) in [5.74, 6) is -0.556. The second-order valence-corrected chi connectivity index (χ2v) is 9.25. The maximum atomic E-state index is 14.1. The van der Waals surface area contributed by atoms with Crippen molar-refractivity contribution in [3.8, 4) is 0 Å². The maximum Gasteiger partial charge on any atom is 0.248 e. The van der Waals surface area contributed by atoms with Crippen LogP contribution in [-0.2, 0) is 16.0 Å². The molecule has 1 saturated carbocycles. The van der Waals surface area contributed by atoms with Gasteiger partial charge in [0.25, 0.3) is 0 Å². The highest BCUT2D eigenvalue weighted by Gasteiger charge is 2.36. The molecule has 3 N–H and O–H groups in total. The first-order valence-electron chi connectivity index (χ1n) is 11.3. The predicted octanol–water partition coefficient (Wildman–Crippen LogP) is 1.42. The van der Waals surface area contributed by atoms with E-state index in [1.807, 2.05) is 6.92 Å². The number of rotatable bonds is 5. The molecule has 0 aromatic heterocycles. The van der Waals surface area contributed by atoms with Crippen LogP contribution in [0.1, 0.15) is 43.2 Å². The van der Waals surface area contributed by atoms with Crippen molar-refractivity contribution in [3.63, 3.8) is 0 Å². The molecule has 2 heterocycles. The fourth-order valence-corrected chi connectivity index (χ4v) is 5.39. The molecule has 1 aliphatic carbocycles. The van der Waals surface area contributed by atoms with Gasteiger partial charge >= 0.3 is 0 Å². The Morgan fingerprint density at radius 3 is 2.87 bits per heavy atom. The van der Waals surface area contributed by atoms with E-state index in [4.69, 9.17) is 5.11 Å². The number of halogens is 1. The molecule has 3 aliphatic rings. The Kier molecular flexibility index (Phi) is 6.48. The summed E-state index contributed by atoms with van der Waals surface area (Å²) in [7, 11) is 1.76. The average Bonchev–Trinajstić information content (AvgIpc) is 3.44. The Balaban J connectivity index is 1.31. The van der Waals surface area contributed by atoms with Crippen molar-refractivity contribution in [1.82, 2.24) is 15.1 Å². The van der Waals surface area contributed by atoms with E-state index in [9.17, 15) is 14.0 Å². The molecule has 0 bridgehead atoms. The summed E-state index contributed by atoms with van der Waals surface area (Å²) in [5, 5.41) is 15.5. The smallest absolute Gasteiger partial charge is 0.248 e. The average molecular weight is 433 g/mol. The number of anilines is 1. The van der Waals surface area contributed by atoms with Crippen LogP contribution in [-0.4, -0.2) is 77.6 Å². The highest BCUT2D eigenvalue weighted by molar-refractivity contribution is 5.88. The molecule has 1 saturated heterocycles. The molecule has 0 radical (unpaired) electrons. The van der Waals surface area contributed by atoms with Crippen molar-refractivity contribution in [3.05, 3.63) is 29.1 Å². The van der Waals surface area contributed by atoms with Gasteiger partial charge in [-0.1, -0.05) is 6.07 Å². The summed E-state index contributed by atoms with van der Waals surface area (Å²) in [6.45, 7) is 3.21. The summed E-state index contributed by atoms with van der Waals surface area (Å²) < 4.78 is 14.1. The van der Waals surface area contributed by atoms with E-state index in [1.165, 1.54) is 6.07 Å². The number of aliphatic hydroxyl groups excluding tert-OH is 1. The predicted molar refractivity (Wildman–Crippen MR) is 116 cm³/mol. The van der Waals surface area contributed by atoms with Gasteiger partial charge in [0.05, 0.1) is 0 Å². The van der Waals surface area contributed by atoms with Crippen LogP contribution >= 0.6 is 0 Å². The summed E-state index contributed by atoms with van der Waals surface area (Å²) in [6, 6.07) is 3.40. The number of carbonyl (C=O) groups excluding carboxylic acids is 2. The number of fused-ring (bicyclic) bond motifs is 1. The van der Waals surface area contributed by atoms with Crippen molar-refractivity contribution >= 4 is 17.5 Å².